The molecule has 3 nitrogen and oxygen atoms in total. The van der Waals surface area contributed by atoms with Crippen molar-refractivity contribution in [3.05, 3.63) is 95.6 Å². The SMILES string of the molecule is O=C(Cc1ccccc1)N1CCN(CCCCC2c3ccccc3-c3ccccc32)CC1. The van der Waals surface area contributed by atoms with Gasteiger partial charge in [-0.25, -0.2) is 0 Å². The Morgan fingerprint density at radius 2 is 1.31 bits per heavy atom. The zero-order valence-corrected chi connectivity index (χ0v) is 18.7. The molecule has 0 N–H and O–H groups in total. The number of unbranched alkanes of at least 4 members (excludes halogenated alkanes) is 1. The highest BCUT2D eigenvalue weighted by molar-refractivity contribution is 5.79. The smallest absolute Gasteiger partial charge is 0.227 e. The van der Waals surface area contributed by atoms with E-state index in [0.29, 0.717) is 12.3 Å². The summed E-state index contributed by atoms with van der Waals surface area (Å²) in [6.45, 7) is 4.84. The molecule has 2 aliphatic rings. The van der Waals surface area contributed by atoms with E-state index in [-0.39, 0.29) is 5.91 Å². The first-order valence-corrected chi connectivity index (χ1v) is 12.0. The highest BCUT2D eigenvalue weighted by Gasteiger charge is 2.27. The van der Waals surface area contributed by atoms with Gasteiger partial charge in [0.2, 0.25) is 5.91 Å². The Hall–Kier alpha value is -2.91. The van der Waals surface area contributed by atoms with Crippen LogP contribution in [0.25, 0.3) is 11.1 Å². The minimum Gasteiger partial charge on any atom is -0.340 e. The topological polar surface area (TPSA) is 23.6 Å². The lowest BCUT2D eigenvalue weighted by Crippen LogP contribution is -2.49. The minimum absolute atomic E-state index is 0.259. The van der Waals surface area contributed by atoms with Crippen molar-refractivity contribution in [1.82, 2.24) is 9.80 Å². The van der Waals surface area contributed by atoms with Gasteiger partial charge in [0.25, 0.3) is 0 Å². The van der Waals surface area contributed by atoms with E-state index in [0.717, 1.165) is 38.3 Å². The molecule has 0 bridgehead atoms. The Morgan fingerprint density at radius 1 is 0.719 bits per heavy atom. The predicted octanol–water partition coefficient (Wildman–Crippen LogP) is 5.36. The number of piperazine rings is 1. The maximum Gasteiger partial charge on any atom is 0.227 e. The quantitative estimate of drug-likeness (QED) is 0.477. The molecule has 0 atom stereocenters. The summed E-state index contributed by atoms with van der Waals surface area (Å²) in [5.41, 5.74) is 6.95. The van der Waals surface area contributed by atoms with Gasteiger partial charge < -0.3 is 4.90 Å². The lowest BCUT2D eigenvalue weighted by molar-refractivity contribution is -0.132. The van der Waals surface area contributed by atoms with E-state index in [2.05, 4.69) is 53.4 Å². The van der Waals surface area contributed by atoms with Crippen molar-refractivity contribution in [2.75, 3.05) is 32.7 Å². The molecule has 3 aromatic carbocycles. The van der Waals surface area contributed by atoms with Crippen LogP contribution >= 0.6 is 0 Å². The first kappa shape index (κ1) is 21.0. The van der Waals surface area contributed by atoms with Crippen LogP contribution in [-0.2, 0) is 11.2 Å². The van der Waals surface area contributed by atoms with E-state index in [1.165, 1.54) is 41.5 Å². The first-order chi connectivity index (χ1) is 15.8. The van der Waals surface area contributed by atoms with Crippen molar-refractivity contribution in [2.24, 2.45) is 0 Å². The van der Waals surface area contributed by atoms with Gasteiger partial charge in [0.1, 0.15) is 0 Å². The van der Waals surface area contributed by atoms with Crippen LogP contribution in [0.1, 0.15) is 41.9 Å². The number of amides is 1. The first-order valence-electron chi connectivity index (χ1n) is 12.0. The van der Waals surface area contributed by atoms with Gasteiger partial charge in [-0.1, -0.05) is 85.3 Å². The van der Waals surface area contributed by atoms with Gasteiger partial charge in [0.15, 0.2) is 0 Å². The standard InChI is InChI=1S/C29H32N2O/c32-29(22-23-10-2-1-3-11-23)31-20-18-30(19-21-31)17-9-8-16-28-26-14-6-4-12-24(26)25-13-5-7-15-27(25)28/h1-7,10-15,28H,8-9,16-22H2. The molecule has 1 saturated heterocycles. The molecule has 1 heterocycles. The van der Waals surface area contributed by atoms with Gasteiger partial charge in [-0.3, -0.25) is 9.69 Å². The fraction of sp³-hybridized carbons (Fsp3) is 0.345. The number of carbonyl (C=O) groups excluding carboxylic acids is 1. The average molecular weight is 425 g/mol. The monoisotopic (exact) mass is 424 g/mol. The molecule has 1 amide bonds. The Kier molecular flexibility index (Phi) is 6.36. The van der Waals surface area contributed by atoms with E-state index >= 15 is 0 Å². The summed E-state index contributed by atoms with van der Waals surface area (Å²) in [5.74, 6) is 0.796. The van der Waals surface area contributed by atoms with Crippen molar-refractivity contribution >= 4 is 5.91 Å². The molecule has 0 saturated carbocycles. The van der Waals surface area contributed by atoms with Gasteiger partial charge in [-0.05, 0) is 47.2 Å². The molecule has 0 aromatic heterocycles. The molecule has 1 fully saturated rings. The minimum atomic E-state index is 0.259. The summed E-state index contributed by atoms with van der Waals surface area (Å²) in [6.07, 6.45) is 4.19. The number of hydrogen-bond acceptors (Lipinski definition) is 2. The number of fused-ring (bicyclic) bond motifs is 3. The second kappa shape index (κ2) is 9.70. The van der Waals surface area contributed by atoms with Crippen LogP contribution in [0.4, 0.5) is 0 Å². The lowest BCUT2D eigenvalue weighted by Gasteiger charge is -2.35. The van der Waals surface area contributed by atoms with Gasteiger partial charge in [-0.15, -0.1) is 0 Å². The molecular weight excluding hydrogens is 392 g/mol. The van der Waals surface area contributed by atoms with Gasteiger partial charge >= 0.3 is 0 Å². The fourth-order valence-corrected chi connectivity index (χ4v) is 5.36. The second-order valence-electron chi connectivity index (χ2n) is 9.11. The van der Waals surface area contributed by atoms with Gasteiger partial charge in [-0.2, -0.15) is 0 Å². The number of benzene rings is 3. The number of rotatable bonds is 7. The molecular formula is C29H32N2O. The van der Waals surface area contributed by atoms with Crippen LogP contribution in [0.3, 0.4) is 0 Å². The van der Waals surface area contributed by atoms with Gasteiger partial charge in [0.05, 0.1) is 6.42 Å². The molecule has 3 heteroatoms. The summed E-state index contributed by atoms with van der Waals surface area (Å²) in [4.78, 5) is 17.2. The summed E-state index contributed by atoms with van der Waals surface area (Å²) >= 11 is 0. The zero-order valence-electron chi connectivity index (χ0n) is 18.7. The van der Waals surface area contributed by atoms with Crippen molar-refractivity contribution in [3.63, 3.8) is 0 Å². The van der Waals surface area contributed by atoms with Crippen molar-refractivity contribution < 1.29 is 4.79 Å². The highest BCUT2D eigenvalue weighted by Crippen LogP contribution is 2.46. The maximum absolute atomic E-state index is 12.6. The molecule has 0 spiro atoms. The van der Waals surface area contributed by atoms with E-state index in [1.807, 2.05) is 35.2 Å². The van der Waals surface area contributed by atoms with Crippen molar-refractivity contribution in [2.45, 2.75) is 31.6 Å². The summed E-state index contributed by atoms with van der Waals surface area (Å²) < 4.78 is 0. The third-order valence-electron chi connectivity index (χ3n) is 7.10. The van der Waals surface area contributed by atoms with E-state index in [1.54, 1.807) is 0 Å². The second-order valence-corrected chi connectivity index (χ2v) is 9.11. The van der Waals surface area contributed by atoms with E-state index in [9.17, 15) is 4.79 Å². The van der Waals surface area contributed by atoms with Crippen LogP contribution in [0.15, 0.2) is 78.9 Å². The third-order valence-corrected chi connectivity index (χ3v) is 7.10. The van der Waals surface area contributed by atoms with Crippen LogP contribution in [0.2, 0.25) is 0 Å². The molecule has 1 aliphatic heterocycles. The third kappa shape index (κ3) is 4.49. The summed E-state index contributed by atoms with van der Waals surface area (Å²) in [7, 11) is 0. The van der Waals surface area contributed by atoms with Crippen LogP contribution in [0, 0.1) is 0 Å². The molecule has 0 radical (unpaired) electrons. The number of hydrogen-bond donors (Lipinski definition) is 0. The Morgan fingerprint density at radius 3 is 1.97 bits per heavy atom. The average Bonchev–Trinajstić information content (AvgIpc) is 3.17. The van der Waals surface area contributed by atoms with Crippen molar-refractivity contribution in [3.8, 4) is 11.1 Å². The lowest BCUT2D eigenvalue weighted by atomic mass is 9.91. The Balaban J connectivity index is 1.07. The maximum atomic E-state index is 12.6. The zero-order chi connectivity index (χ0) is 21.8. The summed E-state index contributed by atoms with van der Waals surface area (Å²) in [6, 6.07) is 27.9. The molecule has 0 unspecified atom stereocenters. The number of carbonyl (C=O) groups is 1. The van der Waals surface area contributed by atoms with E-state index < -0.39 is 0 Å². The van der Waals surface area contributed by atoms with Crippen LogP contribution in [0.5, 0.6) is 0 Å². The Bertz CT molecular complexity index is 1010. The number of nitrogens with zero attached hydrogens (tertiary/aromatic N) is 2. The largest absolute Gasteiger partial charge is 0.340 e. The molecule has 32 heavy (non-hydrogen) atoms. The van der Waals surface area contributed by atoms with Crippen LogP contribution < -0.4 is 0 Å². The van der Waals surface area contributed by atoms with Crippen LogP contribution in [-0.4, -0.2) is 48.4 Å². The fourth-order valence-electron chi connectivity index (χ4n) is 5.36. The van der Waals surface area contributed by atoms with Crippen molar-refractivity contribution in [1.29, 1.82) is 0 Å². The molecule has 1 aliphatic carbocycles. The molecule has 5 rings (SSSR count). The predicted molar refractivity (Wildman–Crippen MR) is 131 cm³/mol. The van der Waals surface area contributed by atoms with Gasteiger partial charge in [0, 0.05) is 32.1 Å². The Labute approximate surface area is 191 Å². The summed E-state index contributed by atoms with van der Waals surface area (Å²) in [5, 5.41) is 0. The normalized spacial score (nSPS) is 16.1. The van der Waals surface area contributed by atoms with E-state index in [4.69, 9.17) is 0 Å². The highest BCUT2D eigenvalue weighted by atomic mass is 16.2. The molecule has 3 aromatic rings. The molecule has 164 valence electrons.